The van der Waals surface area contributed by atoms with Crippen molar-refractivity contribution in [1.29, 1.82) is 0 Å². The summed E-state index contributed by atoms with van der Waals surface area (Å²) in [7, 11) is -4.83. The van der Waals surface area contributed by atoms with Gasteiger partial charge < -0.3 is 10.2 Å². The lowest BCUT2D eigenvalue weighted by molar-refractivity contribution is -0.139. The molecule has 148 valence electrons. The van der Waals surface area contributed by atoms with Gasteiger partial charge >= 0.3 is 16.4 Å². The largest absolute Gasteiger partial charge is 0.418 e. The minimum atomic E-state index is -4.83. The van der Waals surface area contributed by atoms with Crippen molar-refractivity contribution in [3.63, 3.8) is 0 Å². The number of rotatable bonds is 7. The van der Waals surface area contributed by atoms with Gasteiger partial charge in [0, 0.05) is 25.0 Å². The zero-order chi connectivity index (χ0) is 18.9. The number of hydrogen-bond donors (Lipinski definition) is 3. The Kier molecular flexibility index (Phi) is 5.62. The Hall–Kier alpha value is -1.54. The van der Waals surface area contributed by atoms with Crippen molar-refractivity contribution < 1.29 is 36.1 Å². The van der Waals surface area contributed by atoms with Crippen LogP contribution in [0.15, 0.2) is 0 Å². The Morgan fingerprint density at radius 1 is 1.42 bits per heavy atom. The highest BCUT2D eigenvalue weighted by Gasteiger charge is 2.49. The second kappa shape index (κ2) is 7.60. The SMILES string of the molecule is O=C(NOC[C@@H]1C[C@H](CF)CN1)[C@@H]1CC[C@@H]2CN1C(=O)N2OS(=O)(=O)O. The molecule has 3 rings (SSSR count). The first-order valence-electron chi connectivity index (χ1n) is 8.26. The highest BCUT2D eigenvalue weighted by atomic mass is 32.3. The van der Waals surface area contributed by atoms with Gasteiger partial charge in [0.1, 0.15) is 6.04 Å². The summed E-state index contributed by atoms with van der Waals surface area (Å²) in [5.41, 5.74) is 2.29. The van der Waals surface area contributed by atoms with Gasteiger partial charge in [0.05, 0.1) is 19.3 Å². The van der Waals surface area contributed by atoms with Crippen LogP contribution in [0.25, 0.3) is 0 Å². The lowest BCUT2D eigenvalue weighted by Gasteiger charge is -2.29. The number of urea groups is 1. The van der Waals surface area contributed by atoms with Crippen LogP contribution in [0.2, 0.25) is 0 Å². The van der Waals surface area contributed by atoms with Crippen LogP contribution in [-0.4, -0.2) is 79.4 Å². The number of nitrogens with one attached hydrogen (secondary N) is 2. The molecule has 3 aliphatic heterocycles. The Balaban J connectivity index is 1.49. The van der Waals surface area contributed by atoms with E-state index >= 15 is 0 Å². The Morgan fingerprint density at radius 2 is 2.19 bits per heavy atom. The zero-order valence-electron chi connectivity index (χ0n) is 13.8. The summed E-state index contributed by atoms with van der Waals surface area (Å²) in [6, 6.07) is -2.26. The van der Waals surface area contributed by atoms with Crippen molar-refractivity contribution in [2.75, 3.05) is 26.4 Å². The second-order valence-electron chi connectivity index (χ2n) is 6.65. The highest BCUT2D eigenvalue weighted by Crippen LogP contribution is 2.30. The summed E-state index contributed by atoms with van der Waals surface area (Å²) in [6.45, 7) is 0.436. The molecule has 0 aromatic carbocycles. The Labute approximate surface area is 149 Å². The van der Waals surface area contributed by atoms with Crippen molar-refractivity contribution in [3.8, 4) is 0 Å². The Morgan fingerprint density at radius 3 is 2.85 bits per heavy atom. The summed E-state index contributed by atoms with van der Waals surface area (Å²) in [6.07, 6.45) is 1.24. The van der Waals surface area contributed by atoms with Gasteiger partial charge in [0.25, 0.3) is 5.91 Å². The van der Waals surface area contributed by atoms with Crippen molar-refractivity contribution in [1.82, 2.24) is 20.8 Å². The van der Waals surface area contributed by atoms with E-state index in [-0.39, 0.29) is 25.1 Å². The van der Waals surface area contributed by atoms with Crippen molar-refractivity contribution >= 4 is 22.3 Å². The highest BCUT2D eigenvalue weighted by molar-refractivity contribution is 7.80. The van der Waals surface area contributed by atoms with Gasteiger partial charge in [0.2, 0.25) is 0 Å². The van der Waals surface area contributed by atoms with Crippen LogP contribution in [-0.2, 0) is 24.3 Å². The lowest BCUT2D eigenvalue weighted by Crippen LogP contribution is -2.50. The Bertz CT molecular complexity index is 663. The fraction of sp³-hybridized carbons (Fsp3) is 0.846. The maximum atomic E-state index is 12.6. The average molecular weight is 396 g/mol. The number of amides is 3. The predicted molar refractivity (Wildman–Crippen MR) is 83.4 cm³/mol. The fourth-order valence-corrected chi connectivity index (χ4v) is 3.92. The summed E-state index contributed by atoms with van der Waals surface area (Å²) < 4.78 is 47.3. The zero-order valence-corrected chi connectivity index (χ0v) is 14.7. The molecule has 3 aliphatic rings. The number of nitrogens with zero attached hydrogens (tertiary/aromatic N) is 2. The maximum Gasteiger partial charge on any atom is 0.418 e. The van der Waals surface area contributed by atoms with Gasteiger partial charge in [0.15, 0.2) is 0 Å². The third-order valence-electron chi connectivity index (χ3n) is 4.79. The molecule has 3 heterocycles. The molecule has 3 fully saturated rings. The van der Waals surface area contributed by atoms with Crippen molar-refractivity contribution in [2.45, 2.75) is 37.4 Å². The topological polar surface area (TPSA) is 138 Å². The van der Waals surface area contributed by atoms with E-state index in [1.807, 2.05) is 0 Å². The van der Waals surface area contributed by atoms with Crippen molar-refractivity contribution in [2.24, 2.45) is 5.92 Å². The van der Waals surface area contributed by atoms with E-state index in [2.05, 4.69) is 15.1 Å². The summed E-state index contributed by atoms with van der Waals surface area (Å²) in [5, 5.41) is 3.66. The van der Waals surface area contributed by atoms with E-state index in [0.29, 0.717) is 30.9 Å². The van der Waals surface area contributed by atoms with Crippen LogP contribution in [0.3, 0.4) is 0 Å². The third-order valence-corrected chi connectivity index (χ3v) is 5.14. The van der Waals surface area contributed by atoms with Crippen LogP contribution in [0.5, 0.6) is 0 Å². The van der Waals surface area contributed by atoms with Crippen LogP contribution >= 0.6 is 0 Å². The molecule has 3 N–H and O–H groups in total. The molecule has 26 heavy (non-hydrogen) atoms. The first-order valence-corrected chi connectivity index (χ1v) is 9.63. The number of hydrogen-bond acceptors (Lipinski definition) is 7. The quantitative estimate of drug-likeness (QED) is 0.367. The first kappa shape index (κ1) is 19.2. The van der Waals surface area contributed by atoms with Gasteiger partial charge in [-0.05, 0) is 19.3 Å². The summed E-state index contributed by atoms with van der Waals surface area (Å²) >= 11 is 0. The number of hydroxylamine groups is 3. The van der Waals surface area contributed by atoms with Gasteiger partial charge in [-0.15, -0.1) is 4.28 Å². The van der Waals surface area contributed by atoms with Crippen molar-refractivity contribution in [3.05, 3.63) is 0 Å². The van der Waals surface area contributed by atoms with E-state index in [1.54, 1.807) is 0 Å². The molecule has 4 atom stereocenters. The number of halogens is 1. The summed E-state index contributed by atoms with van der Waals surface area (Å²) in [4.78, 5) is 30.8. The van der Waals surface area contributed by atoms with Gasteiger partial charge in [-0.1, -0.05) is 0 Å². The maximum absolute atomic E-state index is 12.6. The van der Waals surface area contributed by atoms with E-state index in [4.69, 9.17) is 9.39 Å². The molecular weight excluding hydrogens is 375 g/mol. The third kappa shape index (κ3) is 4.23. The standard InChI is InChI=1S/C13H21FN4O7S/c14-4-8-3-9(15-5-8)7-24-16-12(19)11-2-1-10-6-17(11)13(20)18(10)25-26(21,22)23/h8-11,15H,1-7H2,(H,16,19)(H,21,22,23)/t8-,9+,10-,11+/m1/s1. The van der Waals surface area contributed by atoms with Gasteiger partial charge in [-0.2, -0.15) is 13.5 Å². The normalized spacial score (nSPS) is 31.5. The first-order chi connectivity index (χ1) is 12.3. The van der Waals surface area contributed by atoms with Gasteiger partial charge in [-0.25, -0.2) is 10.3 Å². The van der Waals surface area contributed by atoms with Crippen LogP contribution in [0, 0.1) is 5.92 Å². The molecule has 0 saturated carbocycles. The molecule has 3 amide bonds. The molecule has 0 aromatic heterocycles. The average Bonchev–Trinajstić information content (AvgIpc) is 3.13. The van der Waals surface area contributed by atoms with Crippen LogP contribution in [0.4, 0.5) is 9.18 Å². The van der Waals surface area contributed by atoms with Gasteiger partial charge in [-0.3, -0.25) is 18.6 Å². The molecule has 3 saturated heterocycles. The number of piperidine rings is 1. The van der Waals surface area contributed by atoms with E-state index in [9.17, 15) is 22.4 Å². The molecule has 0 unspecified atom stereocenters. The van der Waals surface area contributed by atoms with E-state index in [0.717, 1.165) is 0 Å². The molecule has 0 aliphatic carbocycles. The molecule has 13 heteroatoms. The predicted octanol–water partition coefficient (Wildman–Crippen LogP) is -1.02. The van der Waals surface area contributed by atoms with Crippen LogP contribution in [0.1, 0.15) is 19.3 Å². The minimum Gasteiger partial charge on any atom is -0.311 e. The van der Waals surface area contributed by atoms with E-state index < -0.39 is 41.1 Å². The van der Waals surface area contributed by atoms with E-state index in [1.165, 1.54) is 4.90 Å². The minimum absolute atomic E-state index is 0.0504. The molecular formula is C13H21FN4O7S. The monoisotopic (exact) mass is 396 g/mol. The number of alkyl halides is 1. The fourth-order valence-electron chi connectivity index (χ4n) is 3.53. The lowest BCUT2D eigenvalue weighted by atomic mass is 10.0. The second-order valence-corrected chi connectivity index (χ2v) is 7.65. The van der Waals surface area contributed by atoms with Crippen LogP contribution < -0.4 is 10.8 Å². The molecule has 11 nitrogen and oxygen atoms in total. The molecule has 0 aromatic rings. The summed E-state index contributed by atoms with van der Waals surface area (Å²) in [5.74, 6) is -0.587. The molecule has 2 bridgehead atoms. The smallest absolute Gasteiger partial charge is 0.311 e. The number of fused-ring (bicyclic) bond motifs is 2. The number of carbonyl (C=O) groups is 2. The molecule has 0 spiro atoms. The number of carbonyl (C=O) groups excluding carboxylic acids is 2. The molecule has 0 radical (unpaired) electrons.